The van der Waals surface area contributed by atoms with Crippen LogP contribution in [0.1, 0.15) is 5.82 Å². The van der Waals surface area contributed by atoms with Gasteiger partial charge in [-0.05, 0) is 59.3 Å². The summed E-state index contributed by atoms with van der Waals surface area (Å²) in [5.74, 6) is 2.29. The van der Waals surface area contributed by atoms with E-state index in [-0.39, 0.29) is 4.90 Å². The van der Waals surface area contributed by atoms with Gasteiger partial charge in [-0.3, -0.25) is 9.29 Å². The van der Waals surface area contributed by atoms with Crippen molar-refractivity contribution in [3.05, 3.63) is 83.6 Å². The van der Waals surface area contributed by atoms with Gasteiger partial charge in [-0.15, -0.1) is 0 Å². The number of nitrogens with zero attached hydrogens (tertiary/aromatic N) is 4. The van der Waals surface area contributed by atoms with Gasteiger partial charge in [0.2, 0.25) is 5.88 Å². The molecule has 0 unspecified atom stereocenters. The Hall–Kier alpha value is -3.24. The number of ether oxygens (including phenoxy) is 1. The van der Waals surface area contributed by atoms with E-state index < -0.39 is 10.0 Å². The highest BCUT2D eigenvalue weighted by Gasteiger charge is 2.17. The second-order valence-electron chi connectivity index (χ2n) is 6.22. The van der Waals surface area contributed by atoms with Gasteiger partial charge >= 0.3 is 0 Å². The minimum absolute atomic E-state index is 0.161. The maximum atomic E-state index is 12.6. The largest absolute Gasteiger partial charge is 0.439 e. The number of aromatic nitrogens is 4. The van der Waals surface area contributed by atoms with Crippen LogP contribution in [0.2, 0.25) is 0 Å². The lowest BCUT2D eigenvalue weighted by molar-refractivity contribution is 0.461. The molecule has 0 aliphatic carbocycles. The quantitative estimate of drug-likeness (QED) is 0.436. The number of sulfonamides is 1. The minimum Gasteiger partial charge on any atom is -0.439 e. The molecule has 8 nitrogen and oxygen atoms in total. The van der Waals surface area contributed by atoms with Crippen LogP contribution in [-0.4, -0.2) is 27.9 Å². The third kappa shape index (κ3) is 4.34. The van der Waals surface area contributed by atoms with Crippen LogP contribution in [-0.2, 0) is 10.0 Å². The zero-order valence-electron chi connectivity index (χ0n) is 15.7. The minimum atomic E-state index is -3.72. The number of benzene rings is 2. The Bertz CT molecular complexity index is 1290. The molecule has 0 saturated heterocycles. The van der Waals surface area contributed by atoms with Gasteiger partial charge in [0.1, 0.15) is 28.6 Å². The summed E-state index contributed by atoms with van der Waals surface area (Å²) < 4.78 is 35.8. The highest BCUT2D eigenvalue weighted by molar-refractivity contribution is 9.10. The van der Waals surface area contributed by atoms with Crippen molar-refractivity contribution < 1.29 is 13.2 Å². The van der Waals surface area contributed by atoms with Crippen molar-refractivity contribution in [3.8, 4) is 17.4 Å². The van der Waals surface area contributed by atoms with Crippen LogP contribution in [0.3, 0.4) is 0 Å². The number of aryl methyl sites for hydroxylation is 1. The molecule has 0 saturated carbocycles. The Kier molecular flexibility index (Phi) is 5.51. The summed E-state index contributed by atoms with van der Waals surface area (Å²) in [6.45, 7) is 1.87. The molecule has 10 heteroatoms. The summed E-state index contributed by atoms with van der Waals surface area (Å²) in [6, 6.07) is 14.9. The Morgan fingerprint density at radius 3 is 2.50 bits per heavy atom. The number of halogens is 1. The average molecular weight is 486 g/mol. The summed E-state index contributed by atoms with van der Waals surface area (Å²) in [5.41, 5.74) is 0.413. The molecule has 2 aromatic heterocycles. The van der Waals surface area contributed by atoms with Gasteiger partial charge < -0.3 is 4.74 Å². The molecule has 0 amide bonds. The highest BCUT2D eigenvalue weighted by atomic mass is 79.9. The van der Waals surface area contributed by atoms with Crippen molar-refractivity contribution in [2.75, 3.05) is 4.72 Å². The van der Waals surface area contributed by atoms with Gasteiger partial charge in [-0.2, -0.15) is 0 Å². The topological polar surface area (TPSA) is 99.0 Å². The normalized spacial score (nSPS) is 11.3. The van der Waals surface area contributed by atoms with E-state index in [1.807, 2.05) is 11.5 Å². The van der Waals surface area contributed by atoms with Gasteiger partial charge in [0.15, 0.2) is 0 Å². The van der Waals surface area contributed by atoms with Crippen LogP contribution in [0, 0.1) is 6.92 Å². The molecule has 0 spiro atoms. The van der Waals surface area contributed by atoms with Crippen LogP contribution in [0.5, 0.6) is 11.6 Å². The second kappa shape index (κ2) is 8.25. The predicted octanol–water partition coefficient (Wildman–Crippen LogP) is 4.33. The monoisotopic (exact) mass is 485 g/mol. The number of nitrogens with one attached hydrogen (secondary N) is 1. The Morgan fingerprint density at radius 1 is 1.03 bits per heavy atom. The molecule has 30 heavy (non-hydrogen) atoms. The molecule has 4 aromatic rings. The number of hydrogen-bond acceptors (Lipinski definition) is 6. The van der Waals surface area contributed by atoms with E-state index in [4.69, 9.17) is 4.74 Å². The third-order valence-electron chi connectivity index (χ3n) is 4.16. The number of imidazole rings is 1. The van der Waals surface area contributed by atoms with Crippen molar-refractivity contribution in [1.82, 2.24) is 19.5 Å². The van der Waals surface area contributed by atoms with Crippen LogP contribution in [0.15, 0.2) is 82.7 Å². The van der Waals surface area contributed by atoms with Crippen LogP contribution >= 0.6 is 15.9 Å². The fraction of sp³-hybridized carbons (Fsp3) is 0.0500. The van der Waals surface area contributed by atoms with E-state index in [2.05, 4.69) is 35.6 Å². The third-order valence-corrected chi connectivity index (χ3v) is 6.55. The summed E-state index contributed by atoms with van der Waals surface area (Å²) >= 11 is 3.26. The van der Waals surface area contributed by atoms with Gasteiger partial charge in [0.05, 0.1) is 0 Å². The Labute approximate surface area is 181 Å². The van der Waals surface area contributed by atoms with E-state index in [0.29, 0.717) is 27.6 Å². The van der Waals surface area contributed by atoms with Crippen molar-refractivity contribution in [1.29, 1.82) is 0 Å². The smallest absolute Gasteiger partial charge is 0.263 e. The van der Waals surface area contributed by atoms with Crippen LogP contribution < -0.4 is 9.46 Å². The van der Waals surface area contributed by atoms with E-state index in [1.165, 1.54) is 12.4 Å². The van der Waals surface area contributed by atoms with Crippen LogP contribution in [0.4, 0.5) is 5.69 Å². The molecule has 0 atom stereocenters. The van der Waals surface area contributed by atoms with E-state index in [9.17, 15) is 8.42 Å². The predicted molar refractivity (Wildman–Crippen MR) is 115 cm³/mol. The summed E-state index contributed by atoms with van der Waals surface area (Å²) in [7, 11) is -3.72. The first-order valence-electron chi connectivity index (χ1n) is 8.80. The molecule has 0 aliphatic heterocycles. The SMILES string of the molecule is Cc1nccn1-c1cc(Oc2ccc(NS(=O)(=O)c3ccccc3Br)cc2)ncn1. The lowest BCUT2D eigenvalue weighted by Crippen LogP contribution is -2.13. The Morgan fingerprint density at radius 2 is 1.80 bits per heavy atom. The maximum Gasteiger partial charge on any atom is 0.263 e. The molecule has 2 aromatic carbocycles. The molecular formula is C20H16BrN5O3S. The van der Waals surface area contributed by atoms with Crippen molar-refractivity contribution in [3.63, 3.8) is 0 Å². The fourth-order valence-corrected chi connectivity index (χ4v) is 4.79. The summed E-state index contributed by atoms with van der Waals surface area (Å²) in [4.78, 5) is 12.7. The van der Waals surface area contributed by atoms with E-state index in [0.717, 1.165) is 5.82 Å². The second-order valence-corrected chi connectivity index (χ2v) is 8.73. The van der Waals surface area contributed by atoms with Gasteiger partial charge in [0, 0.05) is 28.6 Å². The lowest BCUT2D eigenvalue weighted by Gasteiger charge is -2.11. The summed E-state index contributed by atoms with van der Waals surface area (Å²) in [5, 5.41) is 0. The molecule has 0 aliphatic rings. The van der Waals surface area contributed by atoms with Crippen LogP contribution in [0.25, 0.3) is 5.82 Å². The zero-order chi connectivity index (χ0) is 21.1. The van der Waals surface area contributed by atoms with E-state index >= 15 is 0 Å². The highest BCUT2D eigenvalue weighted by Crippen LogP contribution is 2.26. The zero-order valence-corrected chi connectivity index (χ0v) is 18.1. The van der Waals surface area contributed by atoms with Gasteiger partial charge in [-0.1, -0.05) is 12.1 Å². The van der Waals surface area contributed by atoms with Crippen molar-refractivity contribution in [2.24, 2.45) is 0 Å². The molecule has 2 heterocycles. The first-order chi connectivity index (χ1) is 14.4. The summed E-state index contributed by atoms with van der Waals surface area (Å²) in [6.07, 6.45) is 4.89. The lowest BCUT2D eigenvalue weighted by atomic mass is 10.3. The maximum absolute atomic E-state index is 12.6. The molecular weight excluding hydrogens is 470 g/mol. The molecule has 4 rings (SSSR count). The number of rotatable bonds is 6. The molecule has 0 radical (unpaired) electrons. The number of anilines is 1. The van der Waals surface area contributed by atoms with Crippen molar-refractivity contribution in [2.45, 2.75) is 11.8 Å². The first-order valence-corrected chi connectivity index (χ1v) is 11.1. The standard InChI is InChI=1S/C20H16BrN5O3S/c1-14-22-10-11-26(14)19-12-20(24-13-23-19)29-16-8-6-15(7-9-16)25-30(27,28)18-5-3-2-4-17(18)21/h2-13,25H,1H3. The fourth-order valence-electron chi connectivity index (χ4n) is 2.72. The molecule has 1 N–H and O–H groups in total. The first kappa shape index (κ1) is 20.0. The van der Waals surface area contributed by atoms with Gasteiger partial charge in [0.25, 0.3) is 10.0 Å². The van der Waals surface area contributed by atoms with Crippen molar-refractivity contribution >= 4 is 31.6 Å². The number of hydrogen-bond donors (Lipinski definition) is 1. The van der Waals surface area contributed by atoms with E-state index in [1.54, 1.807) is 60.9 Å². The Balaban J connectivity index is 1.50. The van der Waals surface area contributed by atoms with Gasteiger partial charge in [-0.25, -0.2) is 23.4 Å². The molecule has 152 valence electrons. The molecule has 0 bridgehead atoms. The average Bonchev–Trinajstić information content (AvgIpc) is 3.16. The molecule has 0 fully saturated rings.